The van der Waals surface area contributed by atoms with Crippen LogP contribution in [0.3, 0.4) is 0 Å². The van der Waals surface area contributed by atoms with E-state index in [0.29, 0.717) is 5.92 Å². The smallest absolute Gasteiger partial charge is 0.123 e. The highest BCUT2D eigenvalue weighted by atomic mass is 19.1. The quantitative estimate of drug-likeness (QED) is 0.523. The minimum atomic E-state index is -0.255. The fourth-order valence-corrected chi connectivity index (χ4v) is 3.76. The Morgan fingerprint density at radius 3 is 1.81 bits per heavy atom. The third-order valence-electron chi connectivity index (χ3n) is 5.10. The van der Waals surface area contributed by atoms with Crippen molar-refractivity contribution in [2.45, 2.75) is 46.1 Å². The Hall–Kier alpha value is -2.45. The lowest BCUT2D eigenvalue weighted by Gasteiger charge is -2.25. The molecule has 2 heteroatoms. The molecule has 0 aliphatic heterocycles. The van der Waals surface area contributed by atoms with Gasteiger partial charge in [-0.2, -0.15) is 0 Å². The van der Waals surface area contributed by atoms with E-state index in [1.807, 2.05) is 30.3 Å². The van der Waals surface area contributed by atoms with Crippen LogP contribution in [-0.4, -0.2) is 5.11 Å². The van der Waals surface area contributed by atoms with Crippen molar-refractivity contribution in [2.24, 2.45) is 0 Å². The highest BCUT2D eigenvalue weighted by molar-refractivity contribution is 5.89. The van der Waals surface area contributed by atoms with Crippen LogP contribution >= 0.6 is 0 Å². The molecule has 0 unspecified atom stereocenters. The van der Waals surface area contributed by atoms with E-state index in [1.54, 1.807) is 0 Å². The molecule has 3 rings (SSSR count). The molecule has 0 amide bonds. The molecular weight excluding hydrogens is 335 g/mol. The molecule has 0 atom stereocenters. The lowest BCUT2D eigenvalue weighted by molar-refractivity contribution is 0.280. The summed E-state index contributed by atoms with van der Waals surface area (Å²) in [6, 6.07) is 19.1. The number of halogens is 1. The van der Waals surface area contributed by atoms with Gasteiger partial charge >= 0.3 is 0 Å². The van der Waals surface area contributed by atoms with Gasteiger partial charge in [0.15, 0.2) is 0 Å². The van der Waals surface area contributed by atoms with Gasteiger partial charge in [0.2, 0.25) is 0 Å². The molecule has 140 valence electrons. The molecule has 0 saturated heterocycles. The predicted octanol–water partition coefficient (Wildman–Crippen LogP) is 6.90. The van der Waals surface area contributed by atoms with Gasteiger partial charge in [-0.15, -0.1) is 0 Å². The summed E-state index contributed by atoms with van der Waals surface area (Å²) in [5, 5.41) is 10.3. The van der Waals surface area contributed by atoms with Crippen LogP contribution in [0.5, 0.6) is 0 Å². The largest absolute Gasteiger partial charge is 0.392 e. The Morgan fingerprint density at radius 2 is 1.30 bits per heavy atom. The topological polar surface area (TPSA) is 20.2 Å². The van der Waals surface area contributed by atoms with E-state index in [2.05, 4.69) is 45.9 Å². The van der Waals surface area contributed by atoms with E-state index >= 15 is 0 Å². The van der Waals surface area contributed by atoms with Crippen molar-refractivity contribution >= 4 is 0 Å². The molecule has 0 spiro atoms. The second-order valence-electron chi connectivity index (χ2n) is 7.62. The number of rotatable bonds is 5. The van der Waals surface area contributed by atoms with Gasteiger partial charge in [0.25, 0.3) is 0 Å². The van der Waals surface area contributed by atoms with Crippen LogP contribution < -0.4 is 0 Å². The van der Waals surface area contributed by atoms with E-state index in [9.17, 15) is 9.50 Å². The zero-order chi connectivity index (χ0) is 19.6. The van der Waals surface area contributed by atoms with E-state index in [1.165, 1.54) is 17.7 Å². The molecule has 3 aromatic carbocycles. The Balaban J connectivity index is 2.47. The Kier molecular flexibility index (Phi) is 5.76. The van der Waals surface area contributed by atoms with Crippen molar-refractivity contribution in [2.75, 3.05) is 0 Å². The van der Waals surface area contributed by atoms with Crippen molar-refractivity contribution in [1.29, 1.82) is 0 Å². The summed E-state index contributed by atoms with van der Waals surface area (Å²) in [6.45, 7) is 8.64. The van der Waals surface area contributed by atoms with E-state index < -0.39 is 0 Å². The van der Waals surface area contributed by atoms with Crippen molar-refractivity contribution in [3.8, 4) is 22.3 Å². The molecule has 1 nitrogen and oxygen atoms in total. The van der Waals surface area contributed by atoms with Gasteiger partial charge < -0.3 is 5.11 Å². The minimum Gasteiger partial charge on any atom is -0.392 e. The summed E-state index contributed by atoms with van der Waals surface area (Å²) in [4.78, 5) is 0. The van der Waals surface area contributed by atoms with Gasteiger partial charge in [0.05, 0.1) is 6.61 Å². The lowest BCUT2D eigenvalue weighted by Crippen LogP contribution is -2.06. The molecule has 0 radical (unpaired) electrons. The van der Waals surface area contributed by atoms with Crippen molar-refractivity contribution < 1.29 is 9.50 Å². The number of aliphatic hydroxyl groups is 1. The highest BCUT2D eigenvalue weighted by Crippen LogP contribution is 2.43. The third kappa shape index (κ3) is 3.81. The summed E-state index contributed by atoms with van der Waals surface area (Å²) in [5.74, 6) is 0.355. The second kappa shape index (κ2) is 8.06. The predicted molar refractivity (Wildman–Crippen MR) is 111 cm³/mol. The molecule has 0 aliphatic carbocycles. The van der Waals surface area contributed by atoms with Gasteiger partial charge in [0.1, 0.15) is 5.82 Å². The third-order valence-corrected chi connectivity index (χ3v) is 5.10. The lowest BCUT2D eigenvalue weighted by atomic mass is 9.79. The standard InChI is InChI=1S/C25H27FO/c1-16(2)21-14-22(17(3)4)24(18-8-6-5-7-9-18)25(23(21)15-27)19-10-12-20(26)13-11-19/h5-14,16-17,27H,15H2,1-4H3. The maximum Gasteiger partial charge on any atom is 0.123 e. The average molecular weight is 362 g/mol. The first kappa shape index (κ1) is 19.3. The van der Waals surface area contributed by atoms with Crippen LogP contribution in [0.15, 0.2) is 60.7 Å². The summed E-state index contributed by atoms with van der Waals surface area (Å²) in [6.07, 6.45) is 0. The summed E-state index contributed by atoms with van der Waals surface area (Å²) < 4.78 is 13.6. The maximum absolute atomic E-state index is 13.6. The molecule has 0 heterocycles. The van der Waals surface area contributed by atoms with Crippen molar-refractivity contribution in [3.05, 3.63) is 83.2 Å². The number of benzene rings is 3. The normalized spacial score (nSPS) is 11.4. The zero-order valence-corrected chi connectivity index (χ0v) is 16.5. The van der Waals surface area contributed by atoms with Gasteiger partial charge in [0, 0.05) is 0 Å². The highest BCUT2D eigenvalue weighted by Gasteiger charge is 2.22. The second-order valence-corrected chi connectivity index (χ2v) is 7.62. The van der Waals surface area contributed by atoms with Crippen LogP contribution in [0.2, 0.25) is 0 Å². The first-order valence-corrected chi connectivity index (χ1v) is 9.55. The molecule has 3 aromatic rings. The maximum atomic E-state index is 13.6. The monoisotopic (exact) mass is 362 g/mol. The molecule has 1 N–H and O–H groups in total. The van der Waals surface area contributed by atoms with E-state index in [4.69, 9.17) is 0 Å². The first-order valence-electron chi connectivity index (χ1n) is 9.55. The molecule has 27 heavy (non-hydrogen) atoms. The summed E-state index contributed by atoms with van der Waals surface area (Å²) in [7, 11) is 0. The van der Waals surface area contributed by atoms with Gasteiger partial charge in [-0.25, -0.2) is 4.39 Å². The number of aliphatic hydroxyl groups excluding tert-OH is 1. The molecule has 0 fully saturated rings. The Labute approximate surface area is 161 Å². The fourth-order valence-electron chi connectivity index (χ4n) is 3.76. The Morgan fingerprint density at radius 1 is 0.741 bits per heavy atom. The summed E-state index contributed by atoms with van der Waals surface area (Å²) in [5.41, 5.74) is 7.53. The van der Waals surface area contributed by atoms with Crippen LogP contribution in [0, 0.1) is 5.82 Å². The average Bonchev–Trinajstić information content (AvgIpc) is 2.67. The molecule has 0 aromatic heterocycles. The number of hydrogen-bond donors (Lipinski definition) is 1. The Bertz CT molecular complexity index is 909. The molecule has 0 bridgehead atoms. The number of hydrogen-bond acceptors (Lipinski definition) is 1. The van der Waals surface area contributed by atoms with E-state index in [0.717, 1.165) is 33.4 Å². The molecular formula is C25H27FO. The van der Waals surface area contributed by atoms with Crippen LogP contribution in [0.4, 0.5) is 4.39 Å². The first-order chi connectivity index (χ1) is 12.9. The van der Waals surface area contributed by atoms with Crippen LogP contribution in [0.25, 0.3) is 22.3 Å². The molecule has 0 saturated carbocycles. The van der Waals surface area contributed by atoms with Crippen molar-refractivity contribution in [1.82, 2.24) is 0 Å². The summed E-state index contributed by atoms with van der Waals surface area (Å²) >= 11 is 0. The van der Waals surface area contributed by atoms with Crippen molar-refractivity contribution in [3.63, 3.8) is 0 Å². The van der Waals surface area contributed by atoms with E-state index in [-0.39, 0.29) is 18.3 Å². The zero-order valence-electron chi connectivity index (χ0n) is 16.5. The SMILES string of the molecule is CC(C)c1cc(C(C)C)c(-c2ccccc2)c(-c2ccc(F)cc2)c1CO. The van der Waals surface area contributed by atoms with Gasteiger partial charge in [-0.1, -0.05) is 76.2 Å². The molecule has 0 aliphatic rings. The fraction of sp³-hybridized carbons (Fsp3) is 0.280. The van der Waals surface area contributed by atoms with Crippen LogP contribution in [-0.2, 0) is 6.61 Å². The van der Waals surface area contributed by atoms with Crippen LogP contribution in [0.1, 0.15) is 56.2 Å². The minimum absolute atomic E-state index is 0.0432. The van der Waals surface area contributed by atoms with Gasteiger partial charge in [-0.3, -0.25) is 0 Å². The van der Waals surface area contributed by atoms with Gasteiger partial charge in [-0.05, 0) is 62.9 Å².